The van der Waals surface area contributed by atoms with Gasteiger partial charge in [0.2, 0.25) is 0 Å². The lowest BCUT2D eigenvalue weighted by molar-refractivity contribution is 0.0629. The van der Waals surface area contributed by atoms with Crippen LogP contribution < -0.4 is 9.80 Å². The highest BCUT2D eigenvalue weighted by Gasteiger charge is 2.45. The van der Waals surface area contributed by atoms with E-state index in [4.69, 9.17) is 0 Å². The molecule has 1 atom stereocenters. The Balaban J connectivity index is 1.70. The molecular formula is C27H32N2O. The summed E-state index contributed by atoms with van der Waals surface area (Å²) in [5.41, 5.74) is 4.64. The summed E-state index contributed by atoms with van der Waals surface area (Å²) < 4.78 is 0. The highest BCUT2D eigenvalue weighted by atomic mass is 16.3. The molecule has 1 heterocycles. The van der Waals surface area contributed by atoms with Crippen LogP contribution in [0.1, 0.15) is 56.2 Å². The van der Waals surface area contributed by atoms with Gasteiger partial charge >= 0.3 is 0 Å². The summed E-state index contributed by atoms with van der Waals surface area (Å²) in [7, 11) is 0. The van der Waals surface area contributed by atoms with Crippen molar-refractivity contribution in [3.05, 3.63) is 95.6 Å². The lowest BCUT2D eigenvalue weighted by Gasteiger charge is -2.34. The third kappa shape index (κ3) is 3.82. The maximum atomic E-state index is 11.9. The highest BCUT2D eigenvalue weighted by Crippen LogP contribution is 2.39. The predicted molar refractivity (Wildman–Crippen MR) is 126 cm³/mol. The molecule has 0 aliphatic carbocycles. The van der Waals surface area contributed by atoms with Crippen LogP contribution in [0.5, 0.6) is 0 Å². The molecule has 0 radical (unpaired) electrons. The van der Waals surface area contributed by atoms with Gasteiger partial charge in [-0.05, 0) is 47.2 Å². The summed E-state index contributed by atoms with van der Waals surface area (Å²) in [5.74, 6) is 0.997. The van der Waals surface area contributed by atoms with E-state index < -0.39 is 5.72 Å². The third-order valence-electron chi connectivity index (χ3n) is 6.20. The second-order valence-electron chi connectivity index (χ2n) is 8.94. The van der Waals surface area contributed by atoms with Crippen LogP contribution in [0.3, 0.4) is 0 Å². The Kier molecular flexibility index (Phi) is 5.57. The zero-order chi connectivity index (χ0) is 21.3. The molecule has 3 nitrogen and oxygen atoms in total. The van der Waals surface area contributed by atoms with Crippen molar-refractivity contribution in [1.29, 1.82) is 0 Å². The molecule has 3 aromatic carbocycles. The third-order valence-corrected chi connectivity index (χ3v) is 6.20. The van der Waals surface area contributed by atoms with Gasteiger partial charge in [0.1, 0.15) is 0 Å². The molecule has 0 aromatic heterocycles. The average molecular weight is 401 g/mol. The minimum atomic E-state index is -1.09. The minimum absolute atomic E-state index is 0.488. The number of rotatable bonds is 5. The van der Waals surface area contributed by atoms with E-state index in [0.29, 0.717) is 25.0 Å². The summed E-state index contributed by atoms with van der Waals surface area (Å²) in [6.45, 7) is 9.97. The van der Waals surface area contributed by atoms with Gasteiger partial charge in [-0.3, -0.25) is 0 Å². The monoisotopic (exact) mass is 400 g/mol. The quantitative estimate of drug-likeness (QED) is 0.564. The molecule has 1 saturated heterocycles. The first-order valence-corrected chi connectivity index (χ1v) is 10.9. The van der Waals surface area contributed by atoms with Gasteiger partial charge < -0.3 is 14.9 Å². The fourth-order valence-electron chi connectivity index (χ4n) is 4.22. The summed E-state index contributed by atoms with van der Waals surface area (Å²) in [6, 6.07) is 27.4. The first kappa shape index (κ1) is 20.5. The molecule has 0 bridgehead atoms. The van der Waals surface area contributed by atoms with Crippen molar-refractivity contribution in [2.75, 3.05) is 23.0 Å². The standard InChI is InChI=1S/C27H32N2O/c1-20(2)22-10-14-25(15-11-22)28-18-27(30,24-8-6-5-7-9-24)29(19-28)26-16-12-23(13-17-26)21(3)4/h5-17,20-21,30H,18-19H2,1-4H3. The van der Waals surface area contributed by atoms with Crippen LogP contribution in [-0.4, -0.2) is 18.3 Å². The molecule has 1 N–H and O–H groups in total. The van der Waals surface area contributed by atoms with Gasteiger partial charge in [0.05, 0.1) is 13.2 Å². The molecule has 156 valence electrons. The van der Waals surface area contributed by atoms with E-state index in [1.165, 1.54) is 11.1 Å². The van der Waals surface area contributed by atoms with E-state index in [-0.39, 0.29) is 0 Å². The Bertz CT molecular complexity index is 964. The van der Waals surface area contributed by atoms with Gasteiger partial charge in [0.25, 0.3) is 0 Å². The van der Waals surface area contributed by atoms with Crippen molar-refractivity contribution in [3.63, 3.8) is 0 Å². The van der Waals surface area contributed by atoms with Gasteiger partial charge in [-0.1, -0.05) is 82.3 Å². The van der Waals surface area contributed by atoms with E-state index >= 15 is 0 Å². The number of anilines is 2. The van der Waals surface area contributed by atoms with E-state index in [1.54, 1.807) is 0 Å². The maximum Gasteiger partial charge on any atom is 0.183 e. The van der Waals surface area contributed by atoms with Crippen molar-refractivity contribution in [3.8, 4) is 0 Å². The van der Waals surface area contributed by atoms with Gasteiger partial charge in [-0.25, -0.2) is 0 Å². The SMILES string of the molecule is CC(C)c1ccc(N2CN(c3ccc(C(C)C)cc3)C(O)(c3ccccc3)C2)cc1. The Morgan fingerprint density at radius 1 is 0.700 bits per heavy atom. The highest BCUT2D eigenvalue weighted by molar-refractivity contribution is 5.59. The molecule has 1 aliphatic heterocycles. The Hall–Kier alpha value is -2.78. The fourth-order valence-corrected chi connectivity index (χ4v) is 4.22. The van der Waals surface area contributed by atoms with Crippen LogP contribution in [0.2, 0.25) is 0 Å². The normalized spacial score (nSPS) is 19.2. The molecule has 0 amide bonds. The van der Waals surface area contributed by atoms with Crippen LogP contribution in [-0.2, 0) is 5.72 Å². The van der Waals surface area contributed by atoms with Crippen molar-refractivity contribution in [1.82, 2.24) is 0 Å². The second kappa shape index (κ2) is 8.16. The first-order valence-electron chi connectivity index (χ1n) is 10.9. The molecule has 3 heteroatoms. The number of β-amino-alcohol motifs (C(OH)–C–C–N with tert-alkyl or cyclic N) is 1. The molecule has 1 unspecified atom stereocenters. The lowest BCUT2D eigenvalue weighted by atomic mass is 9.99. The zero-order valence-corrected chi connectivity index (χ0v) is 18.4. The largest absolute Gasteiger partial charge is 0.365 e. The number of hydrogen-bond acceptors (Lipinski definition) is 3. The van der Waals surface area contributed by atoms with E-state index in [9.17, 15) is 5.11 Å². The molecule has 0 spiro atoms. The minimum Gasteiger partial charge on any atom is -0.365 e. The van der Waals surface area contributed by atoms with E-state index in [0.717, 1.165) is 16.9 Å². The molecule has 0 saturated carbocycles. The number of benzene rings is 3. The molecule has 30 heavy (non-hydrogen) atoms. The Morgan fingerprint density at radius 3 is 1.70 bits per heavy atom. The van der Waals surface area contributed by atoms with Crippen LogP contribution in [0.15, 0.2) is 78.9 Å². The Morgan fingerprint density at radius 2 is 1.20 bits per heavy atom. The van der Waals surface area contributed by atoms with Crippen molar-refractivity contribution >= 4 is 11.4 Å². The van der Waals surface area contributed by atoms with Crippen LogP contribution in [0.4, 0.5) is 11.4 Å². The van der Waals surface area contributed by atoms with Gasteiger partial charge in [-0.15, -0.1) is 0 Å². The molecule has 1 aliphatic rings. The van der Waals surface area contributed by atoms with Crippen LogP contribution >= 0.6 is 0 Å². The summed E-state index contributed by atoms with van der Waals surface area (Å²) in [4.78, 5) is 4.37. The number of nitrogens with zero attached hydrogens (tertiary/aromatic N) is 2. The van der Waals surface area contributed by atoms with Crippen molar-refractivity contribution in [2.24, 2.45) is 0 Å². The molecule has 1 fully saturated rings. The number of hydrogen-bond donors (Lipinski definition) is 1. The molecule has 3 aromatic rings. The average Bonchev–Trinajstić information content (AvgIpc) is 3.13. The molecule has 4 rings (SSSR count). The van der Waals surface area contributed by atoms with Crippen LogP contribution in [0, 0.1) is 0 Å². The number of aliphatic hydroxyl groups is 1. The zero-order valence-electron chi connectivity index (χ0n) is 18.4. The second-order valence-corrected chi connectivity index (χ2v) is 8.94. The summed E-state index contributed by atoms with van der Waals surface area (Å²) >= 11 is 0. The van der Waals surface area contributed by atoms with E-state index in [1.807, 2.05) is 30.3 Å². The van der Waals surface area contributed by atoms with Crippen molar-refractivity contribution < 1.29 is 5.11 Å². The Labute approximate surface area is 180 Å². The maximum absolute atomic E-state index is 11.9. The van der Waals surface area contributed by atoms with Gasteiger partial charge in [0.15, 0.2) is 5.72 Å². The predicted octanol–water partition coefficient (Wildman–Crippen LogP) is 6.06. The van der Waals surface area contributed by atoms with E-state index in [2.05, 4.69) is 86.0 Å². The summed E-state index contributed by atoms with van der Waals surface area (Å²) in [6.07, 6.45) is 0. The molecular weight excluding hydrogens is 368 g/mol. The van der Waals surface area contributed by atoms with Gasteiger partial charge in [-0.2, -0.15) is 0 Å². The first-order chi connectivity index (χ1) is 14.4. The van der Waals surface area contributed by atoms with Crippen molar-refractivity contribution in [2.45, 2.75) is 45.3 Å². The fraction of sp³-hybridized carbons (Fsp3) is 0.333. The topological polar surface area (TPSA) is 26.7 Å². The lowest BCUT2D eigenvalue weighted by Crippen LogP contribution is -2.43. The van der Waals surface area contributed by atoms with Gasteiger partial charge in [0, 0.05) is 16.9 Å². The summed E-state index contributed by atoms with van der Waals surface area (Å²) in [5, 5.41) is 11.9. The smallest absolute Gasteiger partial charge is 0.183 e. The van der Waals surface area contributed by atoms with Crippen LogP contribution in [0.25, 0.3) is 0 Å².